The molecule has 3 rings (SSSR count). The third kappa shape index (κ3) is 3.74. The SMILES string of the molecule is CCn1cc(C(=O)OCC(=O)N(C)Cc2cccs2)c2ccccc21. The van der Waals surface area contributed by atoms with Gasteiger partial charge >= 0.3 is 5.97 Å². The summed E-state index contributed by atoms with van der Waals surface area (Å²) in [5.41, 5.74) is 1.48. The zero-order chi connectivity index (χ0) is 17.8. The highest BCUT2D eigenvalue weighted by atomic mass is 32.1. The Bertz CT molecular complexity index is 883. The molecule has 6 heteroatoms. The highest BCUT2D eigenvalue weighted by Crippen LogP contribution is 2.22. The van der Waals surface area contributed by atoms with Gasteiger partial charge in [0.25, 0.3) is 5.91 Å². The fourth-order valence-corrected chi connectivity index (χ4v) is 3.47. The number of hydrogen-bond acceptors (Lipinski definition) is 4. The summed E-state index contributed by atoms with van der Waals surface area (Å²) in [4.78, 5) is 27.3. The second-order valence-electron chi connectivity index (χ2n) is 5.75. The molecule has 0 fully saturated rings. The van der Waals surface area contributed by atoms with Crippen LogP contribution in [0.2, 0.25) is 0 Å². The molecule has 130 valence electrons. The molecule has 0 aliphatic heterocycles. The van der Waals surface area contributed by atoms with Gasteiger partial charge in [0, 0.05) is 35.6 Å². The fraction of sp³-hybridized carbons (Fsp3) is 0.263. The Hall–Kier alpha value is -2.60. The summed E-state index contributed by atoms with van der Waals surface area (Å²) in [5.74, 6) is -0.692. The largest absolute Gasteiger partial charge is 0.452 e. The predicted octanol–water partition coefficient (Wildman–Crippen LogP) is 3.54. The lowest BCUT2D eigenvalue weighted by Gasteiger charge is -2.16. The van der Waals surface area contributed by atoms with Gasteiger partial charge < -0.3 is 14.2 Å². The average Bonchev–Trinajstić information content (AvgIpc) is 3.26. The molecule has 0 radical (unpaired) electrons. The molecule has 2 aromatic heterocycles. The van der Waals surface area contributed by atoms with Crippen LogP contribution >= 0.6 is 11.3 Å². The lowest BCUT2D eigenvalue weighted by Crippen LogP contribution is -2.30. The summed E-state index contributed by atoms with van der Waals surface area (Å²) < 4.78 is 7.25. The third-order valence-corrected chi connectivity index (χ3v) is 4.94. The lowest BCUT2D eigenvalue weighted by atomic mass is 10.2. The molecule has 0 spiro atoms. The number of carbonyl (C=O) groups excluding carboxylic acids is 2. The number of likely N-dealkylation sites (N-methyl/N-ethyl adjacent to an activating group) is 1. The number of ether oxygens (including phenoxy) is 1. The maximum atomic E-state index is 12.4. The standard InChI is InChI=1S/C19H20N2O3S/c1-3-21-12-16(15-8-4-5-9-17(15)21)19(23)24-13-18(22)20(2)11-14-7-6-10-25-14/h4-10,12H,3,11,13H2,1-2H3. The predicted molar refractivity (Wildman–Crippen MR) is 98.7 cm³/mol. The van der Waals surface area contributed by atoms with E-state index in [1.807, 2.05) is 53.3 Å². The van der Waals surface area contributed by atoms with E-state index >= 15 is 0 Å². The van der Waals surface area contributed by atoms with Gasteiger partial charge in [-0.25, -0.2) is 4.79 Å². The molecule has 0 saturated carbocycles. The Morgan fingerprint density at radius 3 is 2.72 bits per heavy atom. The average molecular weight is 356 g/mol. The molecule has 0 atom stereocenters. The van der Waals surface area contributed by atoms with Crippen molar-refractivity contribution in [1.82, 2.24) is 9.47 Å². The molecule has 0 aliphatic carbocycles. The number of carbonyl (C=O) groups is 2. The molecular formula is C19H20N2O3S. The fourth-order valence-electron chi connectivity index (χ4n) is 2.71. The minimum absolute atomic E-state index is 0.221. The maximum absolute atomic E-state index is 12.4. The van der Waals surface area contributed by atoms with Crippen LogP contribution in [0.5, 0.6) is 0 Å². The summed E-state index contributed by atoms with van der Waals surface area (Å²) in [6.45, 7) is 3.04. The Balaban J connectivity index is 1.65. The van der Waals surface area contributed by atoms with Gasteiger partial charge in [0.05, 0.1) is 12.1 Å². The van der Waals surface area contributed by atoms with E-state index in [4.69, 9.17) is 4.74 Å². The van der Waals surface area contributed by atoms with Crippen molar-refractivity contribution in [2.75, 3.05) is 13.7 Å². The number of benzene rings is 1. The molecule has 0 N–H and O–H groups in total. The summed E-state index contributed by atoms with van der Waals surface area (Å²) >= 11 is 1.59. The third-order valence-electron chi connectivity index (χ3n) is 4.07. The molecule has 0 aliphatic rings. The van der Waals surface area contributed by atoms with Crippen molar-refractivity contribution in [2.45, 2.75) is 20.0 Å². The highest BCUT2D eigenvalue weighted by Gasteiger charge is 2.18. The quantitative estimate of drug-likeness (QED) is 0.635. The molecule has 0 unspecified atom stereocenters. The topological polar surface area (TPSA) is 51.5 Å². The first kappa shape index (κ1) is 17.2. The molecule has 25 heavy (non-hydrogen) atoms. The number of aryl methyl sites for hydroxylation is 1. The van der Waals surface area contributed by atoms with Gasteiger partial charge in [-0.15, -0.1) is 11.3 Å². The van der Waals surface area contributed by atoms with E-state index in [-0.39, 0.29) is 12.5 Å². The van der Waals surface area contributed by atoms with E-state index in [0.717, 1.165) is 22.3 Å². The highest BCUT2D eigenvalue weighted by molar-refractivity contribution is 7.09. The van der Waals surface area contributed by atoms with Crippen LogP contribution in [-0.2, 0) is 22.6 Å². The molecule has 0 saturated heterocycles. The van der Waals surface area contributed by atoms with Crippen LogP contribution in [0, 0.1) is 0 Å². The number of aromatic nitrogens is 1. The minimum Gasteiger partial charge on any atom is -0.452 e. The number of thiophene rings is 1. The summed E-state index contributed by atoms with van der Waals surface area (Å²) in [7, 11) is 1.71. The van der Waals surface area contributed by atoms with Crippen LogP contribution in [0.25, 0.3) is 10.9 Å². The van der Waals surface area contributed by atoms with E-state index in [9.17, 15) is 9.59 Å². The Kier molecular flexibility index (Phi) is 5.19. The van der Waals surface area contributed by atoms with Crippen molar-refractivity contribution in [2.24, 2.45) is 0 Å². The van der Waals surface area contributed by atoms with E-state index < -0.39 is 5.97 Å². The molecule has 0 bridgehead atoms. The number of fused-ring (bicyclic) bond motifs is 1. The Morgan fingerprint density at radius 2 is 2.00 bits per heavy atom. The number of amides is 1. The van der Waals surface area contributed by atoms with E-state index in [0.29, 0.717) is 12.1 Å². The van der Waals surface area contributed by atoms with Gasteiger partial charge in [0.15, 0.2) is 6.61 Å². The molecule has 1 amide bonds. The summed E-state index contributed by atoms with van der Waals surface area (Å²) in [6.07, 6.45) is 1.78. The lowest BCUT2D eigenvalue weighted by molar-refractivity contribution is -0.133. The van der Waals surface area contributed by atoms with Gasteiger partial charge in [-0.3, -0.25) is 4.79 Å². The van der Waals surface area contributed by atoms with Crippen molar-refractivity contribution in [3.63, 3.8) is 0 Å². The van der Waals surface area contributed by atoms with Gasteiger partial charge in [-0.2, -0.15) is 0 Å². The van der Waals surface area contributed by atoms with E-state index in [1.54, 1.807) is 29.5 Å². The summed E-state index contributed by atoms with van der Waals surface area (Å²) in [5, 5.41) is 2.81. The van der Waals surface area contributed by atoms with Crippen molar-refractivity contribution in [3.8, 4) is 0 Å². The van der Waals surface area contributed by atoms with Crippen LogP contribution in [0.4, 0.5) is 0 Å². The normalized spacial score (nSPS) is 10.8. The van der Waals surface area contributed by atoms with Crippen LogP contribution < -0.4 is 0 Å². The first-order chi connectivity index (χ1) is 12.1. The molecule has 1 aromatic carbocycles. The Morgan fingerprint density at radius 1 is 1.20 bits per heavy atom. The van der Waals surface area contributed by atoms with Gasteiger partial charge in [0.2, 0.25) is 0 Å². The maximum Gasteiger partial charge on any atom is 0.340 e. The monoisotopic (exact) mass is 356 g/mol. The van der Waals surface area contributed by atoms with Crippen molar-refractivity contribution in [1.29, 1.82) is 0 Å². The van der Waals surface area contributed by atoms with E-state index in [1.165, 1.54) is 0 Å². The van der Waals surface area contributed by atoms with Crippen LogP contribution in [0.3, 0.4) is 0 Å². The molecule has 2 heterocycles. The van der Waals surface area contributed by atoms with Crippen LogP contribution in [0.15, 0.2) is 48.0 Å². The minimum atomic E-state index is -0.471. The smallest absolute Gasteiger partial charge is 0.340 e. The van der Waals surface area contributed by atoms with Crippen LogP contribution in [0.1, 0.15) is 22.2 Å². The van der Waals surface area contributed by atoms with Crippen molar-refractivity contribution in [3.05, 3.63) is 58.4 Å². The second kappa shape index (κ2) is 7.53. The van der Waals surface area contributed by atoms with Gasteiger partial charge in [-0.05, 0) is 24.4 Å². The van der Waals surface area contributed by atoms with Crippen molar-refractivity contribution < 1.29 is 14.3 Å². The van der Waals surface area contributed by atoms with Gasteiger partial charge in [0.1, 0.15) is 0 Å². The zero-order valence-electron chi connectivity index (χ0n) is 14.3. The first-order valence-electron chi connectivity index (χ1n) is 8.11. The second-order valence-corrected chi connectivity index (χ2v) is 6.78. The number of para-hydroxylation sites is 1. The number of hydrogen-bond donors (Lipinski definition) is 0. The van der Waals surface area contributed by atoms with E-state index in [2.05, 4.69) is 0 Å². The molecule has 3 aromatic rings. The number of rotatable bonds is 6. The first-order valence-corrected chi connectivity index (χ1v) is 8.99. The molecular weight excluding hydrogens is 336 g/mol. The van der Waals surface area contributed by atoms with Gasteiger partial charge in [-0.1, -0.05) is 24.3 Å². The summed E-state index contributed by atoms with van der Waals surface area (Å²) in [6, 6.07) is 11.6. The molecule has 5 nitrogen and oxygen atoms in total. The van der Waals surface area contributed by atoms with Crippen LogP contribution in [-0.4, -0.2) is 35.0 Å². The number of esters is 1. The van der Waals surface area contributed by atoms with Crippen molar-refractivity contribution >= 4 is 34.1 Å². The Labute approximate surface area is 150 Å². The zero-order valence-corrected chi connectivity index (χ0v) is 15.1. The number of nitrogens with zero attached hydrogens (tertiary/aromatic N) is 2.